The smallest absolute Gasteiger partial charge is 0.383 e. The summed E-state index contributed by atoms with van der Waals surface area (Å²) in [4.78, 5) is 37.7. The lowest BCUT2D eigenvalue weighted by atomic mass is 10.1. The van der Waals surface area contributed by atoms with Crippen LogP contribution in [0, 0.1) is 5.82 Å². The van der Waals surface area contributed by atoms with E-state index in [1.807, 2.05) is 0 Å². The fourth-order valence-corrected chi connectivity index (χ4v) is 5.49. The second kappa shape index (κ2) is 15.5. The van der Waals surface area contributed by atoms with Crippen molar-refractivity contribution in [1.29, 1.82) is 0 Å². The molecule has 0 radical (unpaired) electrons. The van der Waals surface area contributed by atoms with Crippen LogP contribution in [0.5, 0.6) is 0 Å². The minimum atomic E-state index is -5.12. The summed E-state index contributed by atoms with van der Waals surface area (Å²) in [5.41, 5.74) is 0.264. The maximum atomic E-state index is 15.1. The highest BCUT2D eigenvalue weighted by Crippen LogP contribution is 2.32. The highest BCUT2D eigenvalue weighted by Gasteiger charge is 2.38. The zero-order chi connectivity index (χ0) is 38.6. The third-order valence-electron chi connectivity index (χ3n) is 7.37. The van der Waals surface area contributed by atoms with E-state index < -0.39 is 86.7 Å². The molecule has 12 nitrogen and oxygen atoms in total. The van der Waals surface area contributed by atoms with Crippen molar-refractivity contribution in [1.82, 2.24) is 29.3 Å². The molecule has 1 atom stereocenters. The number of aromatic nitrogens is 6. The van der Waals surface area contributed by atoms with Crippen LogP contribution in [0.25, 0.3) is 22.3 Å². The number of ether oxygens (including phenoxy) is 2. The van der Waals surface area contributed by atoms with Gasteiger partial charge >= 0.3 is 6.18 Å². The van der Waals surface area contributed by atoms with Gasteiger partial charge in [0, 0.05) is 40.5 Å². The zero-order valence-corrected chi connectivity index (χ0v) is 27.7. The summed E-state index contributed by atoms with van der Waals surface area (Å²) in [5, 5.41) is 6.19. The van der Waals surface area contributed by atoms with Crippen LogP contribution in [-0.4, -0.2) is 63.7 Å². The average Bonchev–Trinajstić information content (AvgIpc) is 3.02. The molecule has 0 aliphatic rings. The number of nitrogens with one attached hydrogen (secondary N) is 1. The van der Waals surface area contributed by atoms with Crippen LogP contribution in [0.15, 0.2) is 40.4 Å². The summed E-state index contributed by atoms with van der Waals surface area (Å²) < 4.78 is 118. The minimum Gasteiger partial charge on any atom is -0.383 e. The van der Waals surface area contributed by atoms with Crippen molar-refractivity contribution in [2.45, 2.75) is 70.4 Å². The molecule has 266 valence electrons. The number of alkyl halides is 5. The van der Waals surface area contributed by atoms with E-state index in [0.29, 0.717) is 10.7 Å². The average molecular weight is 718 g/mol. The van der Waals surface area contributed by atoms with Crippen molar-refractivity contribution in [2.24, 2.45) is 0 Å². The zero-order valence-electron chi connectivity index (χ0n) is 29.7. The molecule has 3 heterocycles. The van der Waals surface area contributed by atoms with Crippen molar-refractivity contribution < 1.29 is 39.9 Å². The van der Waals surface area contributed by atoms with E-state index in [1.54, 1.807) is 0 Å². The Hall–Kier alpha value is -4.36. The molecule has 49 heavy (non-hydrogen) atoms. The molecule has 0 aliphatic carbocycles. The Morgan fingerprint density at radius 2 is 1.88 bits per heavy atom. The fraction of sp³-hybridized carbons (Fsp3) is 0.467. The normalized spacial score (nSPS) is 14.1. The van der Waals surface area contributed by atoms with Gasteiger partial charge in [0.25, 0.3) is 17.5 Å². The molecule has 4 rings (SSSR count). The number of nitrogens with two attached hydrogens (primary N) is 1. The van der Waals surface area contributed by atoms with Crippen LogP contribution >= 0.6 is 0 Å². The van der Waals surface area contributed by atoms with Gasteiger partial charge in [-0.05, 0) is 31.0 Å². The SMILES string of the molecule is [2H]C([2H])([2H])OCC(CCCn1cnc2cc(-c3ncc(C(F)F)c(N)n3)c(F)cc2c1=O)Nc1cnn(COCC[Si](C)(C)C)c(=O)c1C(F)(F)F. The second-order valence-electron chi connectivity index (χ2n) is 12.3. The lowest BCUT2D eigenvalue weighted by molar-refractivity contribution is -0.138. The first-order valence-corrected chi connectivity index (χ1v) is 18.6. The van der Waals surface area contributed by atoms with Crippen LogP contribution in [0.2, 0.25) is 25.7 Å². The second-order valence-corrected chi connectivity index (χ2v) is 17.9. The van der Waals surface area contributed by atoms with Crippen LogP contribution in [-0.2, 0) is 28.9 Å². The van der Waals surface area contributed by atoms with Crippen LogP contribution in [0.4, 0.5) is 37.8 Å². The van der Waals surface area contributed by atoms with Gasteiger partial charge in [-0.3, -0.25) is 14.2 Å². The molecule has 0 saturated heterocycles. The number of fused-ring (bicyclic) bond motifs is 1. The van der Waals surface area contributed by atoms with Crippen molar-refractivity contribution in [3.8, 4) is 11.4 Å². The summed E-state index contributed by atoms with van der Waals surface area (Å²) in [7, 11) is -4.40. The maximum Gasteiger partial charge on any atom is 0.423 e. The summed E-state index contributed by atoms with van der Waals surface area (Å²) in [5.74, 6) is -1.82. The van der Waals surface area contributed by atoms with Gasteiger partial charge in [0.05, 0.1) is 51.0 Å². The van der Waals surface area contributed by atoms with Crippen molar-refractivity contribution in [3.63, 3.8) is 0 Å². The van der Waals surface area contributed by atoms with E-state index in [2.05, 4.69) is 45.0 Å². The lowest BCUT2D eigenvalue weighted by Crippen LogP contribution is -2.35. The van der Waals surface area contributed by atoms with Gasteiger partial charge in [0.1, 0.15) is 23.9 Å². The standard InChI is InChI=1S/C30H36F6N8O4Si/c1-47-14-17(41-23-13-40-44(16-48-8-9-49(2,3)4)29(46)24(23)30(34,35)36)6-5-7-43-15-39-22-11-18(21(31)10-19(22)28(43)45)27-38-12-20(25(32)33)26(37)42-27/h10-13,15,17,25,41H,5-9,14,16H2,1-4H3,(H2,37,38,42)/i1D3. The summed E-state index contributed by atoms with van der Waals surface area (Å²) in [6.45, 7) is 5.28. The number of hydrogen-bond donors (Lipinski definition) is 2. The van der Waals surface area contributed by atoms with Gasteiger partial charge in [-0.25, -0.2) is 32.8 Å². The largest absolute Gasteiger partial charge is 0.423 e. The Kier molecular flexibility index (Phi) is 10.5. The first kappa shape index (κ1) is 33.1. The van der Waals surface area contributed by atoms with E-state index in [9.17, 15) is 31.5 Å². The highest BCUT2D eigenvalue weighted by molar-refractivity contribution is 6.76. The maximum absolute atomic E-state index is 15.1. The number of rotatable bonds is 15. The van der Waals surface area contributed by atoms with Gasteiger partial charge in [-0.2, -0.15) is 18.3 Å². The Morgan fingerprint density at radius 3 is 2.53 bits per heavy atom. The number of halogens is 6. The van der Waals surface area contributed by atoms with Crippen molar-refractivity contribution >= 4 is 30.5 Å². The van der Waals surface area contributed by atoms with E-state index in [4.69, 9.17) is 19.3 Å². The van der Waals surface area contributed by atoms with Gasteiger partial charge < -0.3 is 20.5 Å². The summed E-state index contributed by atoms with van der Waals surface area (Å²) in [6, 6.07) is 1.63. The molecule has 0 spiro atoms. The molecule has 19 heteroatoms. The molecular formula is C30H36F6N8O4Si. The molecule has 0 aliphatic heterocycles. The minimum absolute atomic E-state index is 0.0201. The summed E-state index contributed by atoms with van der Waals surface area (Å²) in [6.07, 6.45) is -5.39. The predicted octanol–water partition coefficient (Wildman–Crippen LogP) is 5.31. The lowest BCUT2D eigenvalue weighted by Gasteiger charge is -2.22. The molecule has 4 aromatic rings. The van der Waals surface area contributed by atoms with Crippen LogP contribution in [0.3, 0.4) is 0 Å². The number of aryl methyl sites for hydroxylation is 1. The fourth-order valence-electron chi connectivity index (χ4n) is 4.73. The number of hydrogen-bond acceptors (Lipinski definition) is 10. The van der Waals surface area contributed by atoms with Gasteiger partial charge in [-0.1, -0.05) is 19.6 Å². The molecule has 1 unspecified atom stereocenters. The quantitative estimate of drug-likeness (QED) is 0.0941. The van der Waals surface area contributed by atoms with Crippen LogP contribution < -0.4 is 22.2 Å². The number of nitrogens with zero attached hydrogens (tertiary/aromatic N) is 6. The number of methoxy groups -OCH3 is 1. The first-order valence-electron chi connectivity index (χ1n) is 16.4. The predicted molar refractivity (Wildman–Crippen MR) is 172 cm³/mol. The Morgan fingerprint density at radius 1 is 1.12 bits per heavy atom. The van der Waals surface area contributed by atoms with E-state index in [-0.39, 0.29) is 48.3 Å². The molecule has 0 saturated carbocycles. The molecule has 3 N–H and O–H groups in total. The molecule has 0 fully saturated rings. The molecular weight excluding hydrogens is 678 g/mol. The van der Waals surface area contributed by atoms with Gasteiger partial charge in [0.15, 0.2) is 5.82 Å². The van der Waals surface area contributed by atoms with Crippen molar-refractivity contribution in [3.05, 3.63) is 68.5 Å². The Labute approximate surface area is 281 Å². The first-order chi connectivity index (χ1) is 24.1. The monoisotopic (exact) mass is 717 g/mol. The number of benzene rings is 1. The molecule has 0 bridgehead atoms. The third-order valence-corrected chi connectivity index (χ3v) is 9.07. The van der Waals surface area contributed by atoms with Crippen molar-refractivity contribution in [2.75, 3.05) is 31.3 Å². The molecule has 0 amide bonds. The van der Waals surface area contributed by atoms with Crippen LogP contribution in [0.1, 0.15) is 34.5 Å². The Balaban J connectivity index is 1.53. The van der Waals surface area contributed by atoms with Gasteiger partial charge in [-0.15, -0.1) is 0 Å². The Bertz CT molecular complexity index is 2010. The topological polar surface area (TPSA) is 152 Å². The molecule has 1 aromatic carbocycles. The number of nitrogen functional groups attached to an aromatic ring is 1. The molecule has 3 aromatic heterocycles. The van der Waals surface area contributed by atoms with Gasteiger partial charge in [0.2, 0.25) is 0 Å². The van der Waals surface area contributed by atoms with E-state index >= 15 is 4.39 Å². The van der Waals surface area contributed by atoms with E-state index in [0.717, 1.165) is 35.4 Å². The third kappa shape index (κ3) is 9.42. The number of anilines is 2. The summed E-state index contributed by atoms with van der Waals surface area (Å²) >= 11 is 0. The van der Waals surface area contributed by atoms with E-state index in [1.165, 1.54) is 0 Å². The highest BCUT2D eigenvalue weighted by atomic mass is 28.3.